The molecule has 0 unspecified atom stereocenters. The minimum absolute atomic E-state index is 0.191. The van der Waals surface area contributed by atoms with Gasteiger partial charge in [-0.1, -0.05) is 19.9 Å². The summed E-state index contributed by atoms with van der Waals surface area (Å²) in [5, 5.41) is 7.50. The summed E-state index contributed by atoms with van der Waals surface area (Å²) in [7, 11) is 1.56. The Balaban J connectivity index is 1.68. The maximum Gasteiger partial charge on any atom is 0.131 e. The van der Waals surface area contributed by atoms with Crippen molar-refractivity contribution in [1.29, 1.82) is 0 Å². The standard InChI is InChI=1S/C20H28FN3O/c1-14(2)9-17-11-22-23-20(17)16-5-4-8-24(13-16)12-15-6-7-18(25-3)10-19(15)21/h6-7,10-11,14,16H,4-5,8-9,12-13H2,1-3H3,(H,22,23)/t16-/m1/s1. The number of nitrogens with one attached hydrogen (secondary N) is 1. The van der Waals surface area contributed by atoms with Gasteiger partial charge in [0.25, 0.3) is 0 Å². The van der Waals surface area contributed by atoms with Crippen molar-refractivity contribution in [1.82, 2.24) is 15.1 Å². The second kappa shape index (κ2) is 8.00. The maximum absolute atomic E-state index is 14.2. The second-order valence-corrected chi connectivity index (χ2v) is 7.44. The molecule has 1 saturated heterocycles. The van der Waals surface area contributed by atoms with Crippen LogP contribution in [0.5, 0.6) is 5.75 Å². The average Bonchev–Trinajstić information content (AvgIpc) is 3.04. The lowest BCUT2D eigenvalue weighted by atomic mass is 9.90. The molecule has 2 aromatic rings. The Bertz CT molecular complexity index is 698. The van der Waals surface area contributed by atoms with Crippen LogP contribution in [0, 0.1) is 11.7 Å². The highest BCUT2D eigenvalue weighted by molar-refractivity contribution is 5.29. The number of ether oxygens (including phenoxy) is 1. The minimum atomic E-state index is -0.191. The van der Waals surface area contributed by atoms with Gasteiger partial charge in [0.2, 0.25) is 0 Å². The Labute approximate surface area is 149 Å². The normalized spacial score (nSPS) is 18.7. The third-order valence-electron chi connectivity index (χ3n) is 4.95. The molecule has 2 heterocycles. The van der Waals surface area contributed by atoms with E-state index in [0.717, 1.165) is 37.9 Å². The van der Waals surface area contributed by atoms with Crippen LogP contribution >= 0.6 is 0 Å². The molecule has 0 bridgehead atoms. The van der Waals surface area contributed by atoms with E-state index in [2.05, 4.69) is 28.9 Å². The van der Waals surface area contributed by atoms with Crippen LogP contribution in [0.25, 0.3) is 0 Å². The third kappa shape index (κ3) is 4.40. The predicted molar refractivity (Wildman–Crippen MR) is 97.3 cm³/mol. The zero-order valence-corrected chi connectivity index (χ0v) is 15.4. The number of hydrogen-bond donors (Lipinski definition) is 1. The van der Waals surface area contributed by atoms with Gasteiger partial charge in [0.05, 0.1) is 13.3 Å². The van der Waals surface area contributed by atoms with E-state index in [0.29, 0.717) is 24.1 Å². The molecule has 4 nitrogen and oxygen atoms in total. The van der Waals surface area contributed by atoms with E-state index in [9.17, 15) is 4.39 Å². The number of aromatic amines is 1. The second-order valence-electron chi connectivity index (χ2n) is 7.44. The van der Waals surface area contributed by atoms with E-state index in [4.69, 9.17) is 4.74 Å². The molecule has 0 amide bonds. The molecule has 5 heteroatoms. The molecule has 1 N–H and O–H groups in total. The van der Waals surface area contributed by atoms with Crippen molar-refractivity contribution in [2.45, 2.75) is 45.6 Å². The Kier molecular flexibility index (Phi) is 5.74. The van der Waals surface area contributed by atoms with Crippen LogP contribution in [0.1, 0.15) is 49.4 Å². The molecule has 3 rings (SSSR count). The van der Waals surface area contributed by atoms with Gasteiger partial charge in [-0.3, -0.25) is 10.00 Å². The number of benzene rings is 1. The van der Waals surface area contributed by atoms with Gasteiger partial charge in [-0.25, -0.2) is 4.39 Å². The first-order chi connectivity index (χ1) is 12.1. The van der Waals surface area contributed by atoms with Crippen LogP contribution < -0.4 is 4.74 Å². The molecule has 1 aromatic heterocycles. The molecule has 0 radical (unpaired) electrons. The Morgan fingerprint density at radius 3 is 2.92 bits per heavy atom. The van der Waals surface area contributed by atoms with E-state index in [1.807, 2.05) is 18.3 Å². The topological polar surface area (TPSA) is 41.1 Å². The Hall–Kier alpha value is -1.88. The largest absolute Gasteiger partial charge is 0.497 e. The molecule has 0 spiro atoms. The van der Waals surface area contributed by atoms with Crippen LogP contribution in [0.3, 0.4) is 0 Å². The molecular weight excluding hydrogens is 317 g/mol. The quantitative estimate of drug-likeness (QED) is 0.856. The van der Waals surface area contributed by atoms with E-state index in [1.165, 1.54) is 17.3 Å². The van der Waals surface area contributed by atoms with Crippen molar-refractivity contribution >= 4 is 0 Å². The zero-order chi connectivity index (χ0) is 17.8. The highest BCUT2D eigenvalue weighted by Gasteiger charge is 2.25. The monoisotopic (exact) mass is 345 g/mol. The summed E-state index contributed by atoms with van der Waals surface area (Å²) in [5.41, 5.74) is 3.33. The fourth-order valence-corrected chi connectivity index (χ4v) is 3.74. The lowest BCUT2D eigenvalue weighted by molar-refractivity contribution is 0.195. The first-order valence-corrected chi connectivity index (χ1v) is 9.13. The van der Waals surface area contributed by atoms with Crippen molar-refractivity contribution in [2.24, 2.45) is 5.92 Å². The average molecular weight is 345 g/mol. The number of H-pyrrole nitrogens is 1. The number of hydrogen-bond acceptors (Lipinski definition) is 3. The summed E-state index contributed by atoms with van der Waals surface area (Å²) in [4.78, 5) is 2.35. The smallest absolute Gasteiger partial charge is 0.131 e. The fraction of sp³-hybridized carbons (Fsp3) is 0.550. The van der Waals surface area contributed by atoms with E-state index < -0.39 is 0 Å². The Morgan fingerprint density at radius 2 is 2.20 bits per heavy atom. The highest BCUT2D eigenvalue weighted by atomic mass is 19.1. The molecule has 1 aliphatic rings. The highest BCUT2D eigenvalue weighted by Crippen LogP contribution is 2.30. The fourth-order valence-electron chi connectivity index (χ4n) is 3.74. The summed E-state index contributed by atoms with van der Waals surface area (Å²) in [6, 6.07) is 5.13. The molecule has 1 fully saturated rings. The summed E-state index contributed by atoms with van der Waals surface area (Å²) >= 11 is 0. The molecule has 1 aliphatic heterocycles. The van der Waals surface area contributed by atoms with Crippen molar-refractivity contribution < 1.29 is 9.13 Å². The first-order valence-electron chi connectivity index (χ1n) is 9.13. The van der Waals surface area contributed by atoms with Gasteiger partial charge >= 0.3 is 0 Å². The summed E-state index contributed by atoms with van der Waals surface area (Å²) in [6.07, 6.45) is 5.31. The number of halogens is 1. The van der Waals surface area contributed by atoms with Crippen molar-refractivity contribution in [3.05, 3.63) is 47.0 Å². The number of nitrogens with zero attached hydrogens (tertiary/aromatic N) is 2. The number of aromatic nitrogens is 2. The van der Waals surface area contributed by atoms with Crippen molar-refractivity contribution in [2.75, 3.05) is 20.2 Å². The summed E-state index contributed by atoms with van der Waals surface area (Å²) < 4.78 is 19.3. The van der Waals surface area contributed by atoms with E-state index >= 15 is 0 Å². The zero-order valence-electron chi connectivity index (χ0n) is 15.4. The van der Waals surface area contributed by atoms with Crippen LogP contribution in [0.4, 0.5) is 4.39 Å². The molecule has 1 atom stereocenters. The molecule has 136 valence electrons. The number of methoxy groups -OCH3 is 1. The van der Waals surface area contributed by atoms with Crippen LogP contribution in [-0.4, -0.2) is 35.3 Å². The molecule has 0 saturated carbocycles. The summed E-state index contributed by atoms with van der Waals surface area (Å²) in [5.74, 6) is 1.44. The van der Waals surface area contributed by atoms with Gasteiger partial charge in [-0.2, -0.15) is 5.10 Å². The van der Waals surface area contributed by atoms with Crippen molar-refractivity contribution in [3.8, 4) is 5.75 Å². The predicted octanol–water partition coefficient (Wildman–Crippen LogP) is 4.14. The van der Waals surface area contributed by atoms with Gasteiger partial charge < -0.3 is 4.74 Å². The van der Waals surface area contributed by atoms with Crippen LogP contribution in [-0.2, 0) is 13.0 Å². The number of piperidine rings is 1. The van der Waals surface area contributed by atoms with Gasteiger partial charge in [-0.05, 0) is 43.4 Å². The van der Waals surface area contributed by atoms with Crippen LogP contribution in [0.15, 0.2) is 24.4 Å². The molecule has 1 aromatic carbocycles. The lowest BCUT2D eigenvalue weighted by Crippen LogP contribution is -2.34. The number of rotatable bonds is 6. The van der Waals surface area contributed by atoms with Gasteiger partial charge in [-0.15, -0.1) is 0 Å². The SMILES string of the molecule is COc1ccc(CN2CCC[C@@H](c3[nH]ncc3CC(C)C)C2)c(F)c1. The molecular formula is C20H28FN3O. The number of likely N-dealkylation sites (tertiary alicyclic amines) is 1. The van der Waals surface area contributed by atoms with Crippen molar-refractivity contribution in [3.63, 3.8) is 0 Å². The van der Waals surface area contributed by atoms with Crippen LogP contribution in [0.2, 0.25) is 0 Å². The van der Waals surface area contributed by atoms with Gasteiger partial charge in [0.1, 0.15) is 11.6 Å². The minimum Gasteiger partial charge on any atom is -0.497 e. The van der Waals surface area contributed by atoms with E-state index in [1.54, 1.807) is 7.11 Å². The van der Waals surface area contributed by atoms with E-state index in [-0.39, 0.29) is 5.82 Å². The van der Waals surface area contributed by atoms with Gasteiger partial charge in [0.15, 0.2) is 0 Å². The molecule has 0 aliphatic carbocycles. The first kappa shape index (κ1) is 17.9. The Morgan fingerprint density at radius 1 is 1.36 bits per heavy atom. The third-order valence-corrected chi connectivity index (χ3v) is 4.95. The van der Waals surface area contributed by atoms with Gasteiger partial charge in [0, 0.05) is 36.3 Å². The lowest BCUT2D eigenvalue weighted by Gasteiger charge is -2.33. The maximum atomic E-state index is 14.2. The molecule has 25 heavy (non-hydrogen) atoms. The summed E-state index contributed by atoms with van der Waals surface area (Å²) in [6.45, 7) is 7.06.